The molecule has 1 aromatic rings. The second kappa shape index (κ2) is 7.52. The van der Waals surface area contributed by atoms with Crippen LogP contribution in [0.5, 0.6) is 5.75 Å². The van der Waals surface area contributed by atoms with Crippen molar-refractivity contribution >= 4 is 11.6 Å². The van der Waals surface area contributed by atoms with Crippen LogP contribution in [0.4, 0.5) is 14.5 Å². The van der Waals surface area contributed by atoms with Crippen molar-refractivity contribution in [1.82, 2.24) is 5.32 Å². The molecular weight excluding hydrogens is 258 g/mol. The van der Waals surface area contributed by atoms with Crippen LogP contribution in [0.3, 0.4) is 0 Å². The predicted molar refractivity (Wildman–Crippen MR) is 65.8 cm³/mol. The van der Waals surface area contributed by atoms with Crippen molar-refractivity contribution < 1.29 is 23.4 Å². The number of hydrogen-bond acceptors (Lipinski definition) is 4. The summed E-state index contributed by atoms with van der Waals surface area (Å²) in [5, 5.41) is 12.0. The zero-order valence-corrected chi connectivity index (χ0v) is 10.2. The fourth-order valence-corrected chi connectivity index (χ4v) is 1.37. The average Bonchev–Trinajstić information content (AvgIpc) is 2.35. The molecule has 0 spiro atoms. The second-order valence-corrected chi connectivity index (χ2v) is 3.88. The molecule has 5 nitrogen and oxygen atoms in total. The molecule has 0 aromatic heterocycles. The Balaban J connectivity index is 2.28. The lowest BCUT2D eigenvalue weighted by Gasteiger charge is -2.08. The molecule has 106 valence electrons. The normalized spacial score (nSPS) is 10.7. The van der Waals surface area contributed by atoms with E-state index in [1.165, 1.54) is 6.07 Å². The number of nitrogen functional groups attached to an aromatic ring is 1. The van der Waals surface area contributed by atoms with Crippen molar-refractivity contribution in [2.75, 3.05) is 18.9 Å². The Labute approximate surface area is 109 Å². The van der Waals surface area contributed by atoms with Gasteiger partial charge in [-0.1, -0.05) is 0 Å². The third kappa shape index (κ3) is 6.01. The van der Waals surface area contributed by atoms with E-state index in [0.717, 1.165) is 0 Å². The number of amides is 1. The molecule has 0 heterocycles. The van der Waals surface area contributed by atoms with Crippen LogP contribution in [-0.2, 0) is 16.1 Å². The van der Waals surface area contributed by atoms with Gasteiger partial charge in [-0.05, 0) is 18.2 Å². The third-order valence-corrected chi connectivity index (χ3v) is 2.30. The van der Waals surface area contributed by atoms with E-state index < -0.39 is 13.0 Å². The van der Waals surface area contributed by atoms with Gasteiger partial charge in [-0.3, -0.25) is 4.79 Å². The number of ether oxygens (including phenoxy) is 1. The minimum absolute atomic E-state index is 0.0181. The first-order valence-corrected chi connectivity index (χ1v) is 5.69. The third-order valence-electron chi connectivity index (χ3n) is 2.30. The summed E-state index contributed by atoms with van der Waals surface area (Å²) in [4.78, 5) is 11.4. The molecule has 19 heavy (non-hydrogen) atoms. The molecule has 0 fully saturated rings. The number of alkyl halides is 2. The van der Waals surface area contributed by atoms with E-state index >= 15 is 0 Å². The summed E-state index contributed by atoms with van der Waals surface area (Å²) in [5.41, 5.74) is 6.51. The molecule has 0 bridgehead atoms. The summed E-state index contributed by atoms with van der Waals surface area (Å²) in [6.45, 7) is -0.632. The number of hydrogen-bond donors (Lipinski definition) is 3. The van der Waals surface area contributed by atoms with Gasteiger partial charge in [0.2, 0.25) is 5.91 Å². The summed E-state index contributed by atoms with van der Waals surface area (Å²) in [6, 6.07) is 4.52. The maximum absolute atomic E-state index is 11.7. The molecule has 0 aliphatic rings. The Morgan fingerprint density at radius 1 is 1.47 bits per heavy atom. The van der Waals surface area contributed by atoms with Crippen LogP contribution < -0.4 is 11.1 Å². The summed E-state index contributed by atoms with van der Waals surface area (Å²) in [6.07, 6.45) is -2.55. The van der Waals surface area contributed by atoms with E-state index in [0.29, 0.717) is 11.3 Å². The minimum atomic E-state index is -2.53. The molecule has 0 aliphatic heterocycles. The number of phenolic OH excluding ortho intramolecular Hbond substituents is 1. The number of carbonyl (C=O) groups excluding carboxylic acids is 1. The van der Waals surface area contributed by atoms with Gasteiger partial charge in [-0.25, -0.2) is 8.78 Å². The zero-order valence-electron chi connectivity index (χ0n) is 10.2. The Morgan fingerprint density at radius 2 is 2.21 bits per heavy atom. The van der Waals surface area contributed by atoms with Crippen LogP contribution in [0, 0.1) is 0 Å². The Bertz CT molecular complexity index is 427. The second-order valence-electron chi connectivity index (χ2n) is 3.88. The van der Waals surface area contributed by atoms with Crippen LogP contribution >= 0.6 is 0 Å². The molecule has 1 amide bonds. The fourth-order valence-electron chi connectivity index (χ4n) is 1.37. The standard InChI is InChI=1S/C12H16F2N2O3/c13-11(14)7-19-4-3-12(18)16-6-8-5-9(15)1-2-10(8)17/h1-2,5,11,17H,3-4,6-7,15H2,(H,16,18). The number of phenols is 1. The molecule has 0 saturated carbocycles. The van der Waals surface area contributed by atoms with E-state index in [-0.39, 0.29) is 31.2 Å². The predicted octanol–water partition coefficient (Wildman–Crippen LogP) is 1.26. The topological polar surface area (TPSA) is 84.6 Å². The highest BCUT2D eigenvalue weighted by Gasteiger charge is 2.06. The number of carbonyl (C=O) groups is 1. The number of benzene rings is 1. The van der Waals surface area contributed by atoms with Gasteiger partial charge in [-0.15, -0.1) is 0 Å². The maximum atomic E-state index is 11.7. The molecule has 0 saturated heterocycles. The Kier molecular flexibility index (Phi) is 6.01. The van der Waals surface area contributed by atoms with Crippen molar-refractivity contribution in [2.45, 2.75) is 19.4 Å². The lowest BCUT2D eigenvalue weighted by molar-refractivity contribution is -0.122. The van der Waals surface area contributed by atoms with Crippen LogP contribution in [-0.4, -0.2) is 30.7 Å². The Morgan fingerprint density at radius 3 is 2.89 bits per heavy atom. The molecule has 1 rings (SSSR count). The van der Waals surface area contributed by atoms with Gasteiger partial charge in [-0.2, -0.15) is 0 Å². The first-order valence-electron chi connectivity index (χ1n) is 5.69. The van der Waals surface area contributed by atoms with Crippen LogP contribution in [0.15, 0.2) is 18.2 Å². The van der Waals surface area contributed by atoms with Gasteiger partial charge in [0.15, 0.2) is 0 Å². The largest absolute Gasteiger partial charge is 0.508 e. The number of anilines is 1. The van der Waals surface area contributed by atoms with Crippen molar-refractivity contribution in [3.8, 4) is 5.75 Å². The summed E-state index contributed by atoms with van der Waals surface area (Å²) < 4.78 is 28.1. The summed E-state index contributed by atoms with van der Waals surface area (Å²) >= 11 is 0. The van der Waals surface area contributed by atoms with Crippen LogP contribution in [0.1, 0.15) is 12.0 Å². The fraction of sp³-hybridized carbons (Fsp3) is 0.417. The first kappa shape index (κ1) is 15.2. The van der Waals surface area contributed by atoms with E-state index in [2.05, 4.69) is 10.1 Å². The number of aromatic hydroxyl groups is 1. The van der Waals surface area contributed by atoms with Gasteiger partial charge in [0.1, 0.15) is 12.4 Å². The van der Waals surface area contributed by atoms with Crippen LogP contribution in [0.2, 0.25) is 0 Å². The highest BCUT2D eigenvalue weighted by Crippen LogP contribution is 2.19. The smallest absolute Gasteiger partial charge is 0.261 e. The SMILES string of the molecule is Nc1ccc(O)c(CNC(=O)CCOCC(F)F)c1. The molecular formula is C12H16F2N2O3. The first-order chi connectivity index (χ1) is 8.99. The quantitative estimate of drug-likeness (QED) is 0.397. The van der Waals surface area contributed by atoms with E-state index in [1.54, 1.807) is 12.1 Å². The van der Waals surface area contributed by atoms with Crippen molar-refractivity contribution in [3.63, 3.8) is 0 Å². The van der Waals surface area contributed by atoms with Gasteiger partial charge in [0.05, 0.1) is 6.61 Å². The Hall–Kier alpha value is -1.89. The number of nitrogens with one attached hydrogen (secondary N) is 1. The molecule has 0 unspecified atom stereocenters. The molecule has 0 atom stereocenters. The number of halogens is 2. The van der Waals surface area contributed by atoms with E-state index in [4.69, 9.17) is 5.73 Å². The van der Waals surface area contributed by atoms with Gasteiger partial charge in [0, 0.05) is 24.2 Å². The highest BCUT2D eigenvalue weighted by molar-refractivity contribution is 5.76. The highest BCUT2D eigenvalue weighted by atomic mass is 19.3. The molecule has 0 radical (unpaired) electrons. The maximum Gasteiger partial charge on any atom is 0.261 e. The molecule has 0 aliphatic carbocycles. The minimum Gasteiger partial charge on any atom is -0.508 e. The van der Waals surface area contributed by atoms with Gasteiger partial charge in [0.25, 0.3) is 6.43 Å². The van der Waals surface area contributed by atoms with Gasteiger partial charge < -0.3 is 20.9 Å². The van der Waals surface area contributed by atoms with Gasteiger partial charge >= 0.3 is 0 Å². The lowest BCUT2D eigenvalue weighted by atomic mass is 10.2. The zero-order chi connectivity index (χ0) is 14.3. The van der Waals surface area contributed by atoms with E-state index in [1.807, 2.05) is 0 Å². The lowest BCUT2D eigenvalue weighted by Crippen LogP contribution is -2.24. The monoisotopic (exact) mass is 274 g/mol. The van der Waals surface area contributed by atoms with Crippen molar-refractivity contribution in [2.24, 2.45) is 0 Å². The number of rotatable bonds is 7. The summed E-state index contributed by atoms with van der Waals surface area (Å²) in [7, 11) is 0. The van der Waals surface area contributed by atoms with E-state index in [9.17, 15) is 18.7 Å². The summed E-state index contributed by atoms with van der Waals surface area (Å²) in [5.74, 6) is -0.320. The van der Waals surface area contributed by atoms with Crippen LogP contribution in [0.25, 0.3) is 0 Å². The molecule has 1 aromatic carbocycles. The van der Waals surface area contributed by atoms with Crippen molar-refractivity contribution in [1.29, 1.82) is 0 Å². The number of nitrogens with two attached hydrogens (primary N) is 1. The molecule has 4 N–H and O–H groups in total. The van der Waals surface area contributed by atoms with Crippen molar-refractivity contribution in [3.05, 3.63) is 23.8 Å². The molecule has 7 heteroatoms. The average molecular weight is 274 g/mol.